The average molecular weight is 256 g/mol. The van der Waals surface area contributed by atoms with Gasteiger partial charge in [0.2, 0.25) is 0 Å². The minimum Gasteiger partial charge on any atom is -0.511 e. The van der Waals surface area contributed by atoms with Crippen LogP contribution in [0.4, 0.5) is 0 Å². The number of Topliss-reactive ketones (excluding diaryl/α,β-unsaturated/α-hetero) is 2. The SMILES string of the molecule is CC1=C[C@H]2C(=O)c3cccc(O)c3C(=O)[C@H]2C(O)=C1. The summed E-state index contributed by atoms with van der Waals surface area (Å²) >= 11 is 0. The molecule has 0 amide bonds. The lowest BCUT2D eigenvalue weighted by molar-refractivity contribution is 0.0755. The number of carbonyl (C=O) groups excluding carboxylic acids is 2. The molecule has 0 fully saturated rings. The number of phenolic OH excluding ortho intramolecular Hbond substituents is 1. The molecule has 0 saturated carbocycles. The lowest BCUT2D eigenvalue weighted by Crippen LogP contribution is -2.38. The Hall–Kier alpha value is -2.36. The first-order chi connectivity index (χ1) is 9.00. The van der Waals surface area contributed by atoms with Crippen molar-refractivity contribution >= 4 is 11.6 Å². The van der Waals surface area contributed by atoms with Crippen molar-refractivity contribution in [3.63, 3.8) is 0 Å². The Bertz CT molecular complexity index is 667. The van der Waals surface area contributed by atoms with Gasteiger partial charge in [-0.25, -0.2) is 0 Å². The van der Waals surface area contributed by atoms with E-state index in [4.69, 9.17) is 0 Å². The minimum atomic E-state index is -0.906. The van der Waals surface area contributed by atoms with E-state index in [9.17, 15) is 19.8 Å². The smallest absolute Gasteiger partial charge is 0.178 e. The second-order valence-corrected chi connectivity index (χ2v) is 4.91. The lowest BCUT2D eigenvalue weighted by Gasteiger charge is -2.31. The molecule has 0 bridgehead atoms. The van der Waals surface area contributed by atoms with Crippen molar-refractivity contribution in [1.29, 1.82) is 0 Å². The molecule has 2 N–H and O–H groups in total. The van der Waals surface area contributed by atoms with Gasteiger partial charge in [0.1, 0.15) is 11.5 Å². The van der Waals surface area contributed by atoms with Gasteiger partial charge in [0.15, 0.2) is 11.6 Å². The van der Waals surface area contributed by atoms with Gasteiger partial charge in [-0.1, -0.05) is 23.8 Å². The molecule has 3 rings (SSSR count). The quantitative estimate of drug-likeness (QED) is 0.747. The highest BCUT2D eigenvalue weighted by Gasteiger charge is 2.44. The fourth-order valence-electron chi connectivity index (χ4n) is 2.80. The number of carbonyl (C=O) groups is 2. The maximum absolute atomic E-state index is 12.4. The summed E-state index contributed by atoms with van der Waals surface area (Å²) in [7, 11) is 0. The van der Waals surface area contributed by atoms with E-state index in [2.05, 4.69) is 0 Å². The zero-order valence-electron chi connectivity index (χ0n) is 10.3. The van der Waals surface area contributed by atoms with Gasteiger partial charge in [-0.15, -0.1) is 0 Å². The molecule has 1 aromatic rings. The van der Waals surface area contributed by atoms with Gasteiger partial charge in [-0.2, -0.15) is 0 Å². The van der Waals surface area contributed by atoms with Gasteiger partial charge in [0.05, 0.1) is 17.4 Å². The summed E-state index contributed by atoms with van der Waals surface area (Å²) in [6, 6.07) is 4.44. The molecule has 19 heavy (non-hydrogen) atoms. The normalized spacial score (nSPS) is 25.3. The van der Waals surface area contributed by atoms with Crippen LogP contribution in [0.25, 0.3) is 0 Å². The summed E-state index contributed by atoms with van der Waals surface area (Å²) < 4.78 is 0. The predicted molar refractivity (Wildman–Crippen MR) is 68.2 cm³/mol. The Morgan fingerprint density at radius 3 is 2.58 bits per heavy atom. The number of aliphatic hydroxyl groups is 1. The number of fused-ring (bicyclic) bond motifs is 2. The van der Waals surface area contributed by atoms with E-state index in [1.54, 1.807) is 13.0 Å². The molecule has 0 spiro atoms. The summed E-state index contributed by atoms with van der Waals surface area (Å²) in [4.78, 5) is 24.8. The summed E-state index contributed by atoms with van der Waals surface area (Å²) in [5.74, 6) is -2.56. The van der Waals surface area contributed by atoms with Crippen molar-refractivity contribution in [2.75, 3.05) is 0 Å². The standard InChI is InChI=1S/C15H12O4/c1-7-5-9-13(11(17)6-7)15(19)12-8(14(9)18)3-2-4-10(12)16/h2-6,9,13,16-17H,1H3/t9-,13-/m1/s1. The van der Waals surface area contributed by atoms with Gasteiger partial charge in [0, 0.05) is 5.56 Å². The highest BCUT2D eigenvalue weighted by molar-refractivity contribution is 6.18. The van der Waals surface area contributed by atoms with E-state index in [-0.39, 0.29) is 28.4 Å². The largest absolute Gasteiger partial charge is 0.511 e. The number of aromatic hydroxyl groups is 1. The van der Waals surface area contributed by atoms with Crippen molar-refractivity contribution in [3.8, 4) is 5.75 Å². The average Bonchev–Trinajstić information content (AvgIpc) is 2.34. The van der Waals surface area contributed by atoms with E-state index in [0.717, 1.165) is 5.57 Å². The van der Waals surface area contributed by atoms with Crippen molar-refractivity contribution in [2.24, 2.45) is 11.8 Å². The second kappa shape index (κ2) is 3.82. The third-order valence-electron chi connectivity index (χ3n) is 3.64. The molecule has 0 aliphatic heterocycles. The van der Waals surface area contributed by atoms with Crippen LogP contribution in [0, 0.1) is 11.8 Å². The maximum Gasteiger partial charge on any atom is 0.178 e. The van der Waals surface area contributed by atoms with Crippen LogP contribution in [0.1, 0.15) is 27.6 Å². The minimum absolute atomic E-state index is 0.0154. The molecule has 2 atom stereocenters. The third kappa shape index (κ3) is 1.53. The molecular formula is C15H12O4. The van der Waals surface area contributed by atoms with Crippen LogP contribution in [-0.2, 0) is 0 Å². The highest BCUT2D eigenvalue weighted by Crippen LogP contribution is 2.40. The van der Waals surface area contributed by atoms with E-state index in [1.165, 1.54) is 24.3 Å². The number of aliphatic hydroxyl groups excluding tert-OH is 1. The lowest BCUT2D eigenvalue weighted by atomic mass is 9.70. The molecule has 4 heteroatoms. The summed E-state index contributed by atoms with van der Waals surface area (Å²) in [5.41, 5.74) is 0.996. The van der Waals surface area contributed by atoms with Crippen LogP contribution in [0.5, 0.6) is 5.75 Å². The molecule has 0 saturated heterocycles. The van der Waals surface area contributed by atoms with Crippen LogP contribution in [0.3, 0.4) is 0 Å². The molecule has 4 nitrogen and oxygen atoms in total. The molecule has 96 valence electrons. The Morgan fingerprint density at radius 1 is 1.11 bits per heavy atom. The van der Waals surface area contributed by atoms with Gasteiger partial charge >= 0.3 is 0 Å². The predicted octanol–water partition coefficient (Wildman–Crippen LogP) is 2.41. The zero-order chi connectivity index (χ0) is 13.7. The number of allylic oxidation sites excluding steroid dienone is 4. The zero-order valence-corrected chi connectivity index (χ0v) is 10.3. The summed E-state index contributed by atoms with van der Waals surface area (Å²) in [6.07, 6.45) is 3.18. The number of hydrogen-bond donors (Lipinski definition) is 2. The summed E-state index contributed by atoms with van der Waals surface area (Å²) in [5, 5.41) is 19.7. The fraction of sp³-hybridized carbons (Fsp3) is 0.200. The number of rotatable bonds is 0. The number of ketones is 2. The number of phenols is 1. The van der Waals surface area contributed by atoms with Gasteiger partial charge in [-0.3, -0.25) is 9.59 Å². The topological polar surface area (TPSA) is 74.6 Å². The van der Waals surface area contributed by atoms with E-state index < -0.39 is 17.6 Å². The first-order valence-electron chi connectivity index (χ1n) is 6.00. The third-order valence-corrected chi connectivity index (χ3v) is 3.64. The first-order valence-corrected chi connectivity index (χ1v) is 6.00. The molecular weight excluding hydrogens is 244 g/mol. The van der Waals surface area contributed by atoms with Crippen molar-refractivity contribution in [2.45, 2.75) is 6.92 Å². The Balaban J connectivity index is 2.25. The van der Waals surface area contributed by atoms with Crippen molar-refractivity contribution < 1.29 is 19.8 Å². The van der Waals surface area contributed by atoms with E-state index in [0.29, 0.717) is 0 Å². The van der Waals surface area contributed by atoms with Crippen LogP contribution in [0.15, 0.2) is 41.7 Å². The molecule has 0 heterocycles. The molecule has 2 aliphatic carbocycles. The number of benzene rings is 1. The summed E-state index contributed by atoms with van der Waals surface area (Å²) in [6.45, 7) is 1.77. The molecule has 1 aromatic carbocycles. The Labute approximate surface area is 109 Å². The molecule has 0 unspecified atom stereocenters. The molecule has 2 aliphatic rings. The highest BCUT2D eigenvalue weighted by atomic mass is 16.3. The second-order valence-electron chi connectivity index (χ2n) is 4.91. The maximum atomic E-state index is 12.4. The number of hydrogen-bond acceptors (Lipinski definition) is 4. The Kier molecular flexibility index (Phi) is 2.35. The van der Waals surface area contributed by atoms with Gasteiger partial charge < -0.3 is 10.2 Å². The van der Waals surface area contributed by atoms with Crippen LogP contribution < -0.4 is 0 Å². The van der Waals surface area contributed by atoms with Crippen LogP contribution in [0.2, 0.25) is 0 Å². The van der Waals surface area contributed by atoms with Crippen molar-refractivity contribution in [3.05, 3.63) is 52.8 Å². The first kappa shape index (κ1) is 11.7. The van der Waals surface area contributed by atoms with Crippen LogP contribution in [-0.4, -0.2) is 21.8 Å². The van der Waals surface area contributed by atoms with Crippen LogP contribution >= 0.6 is 0 Å². The Morgan fingerprint density at radius 2 is 1.84 bits per heavy atom. The molecule has 0 aromatic heterocycles. The van der Waals surface area contributed by atoms with E-state index >= 15 is 0 Å². The monoisotopic (exact) mass is 256 g/mol. The fourth-order valence-corrected chi connectivity index (χ4v) is 2.80. The van der Waals surface area contributed by atoms with Gasteiger partial charge in [-0.05, 0) is 19.1 Å². The molecule has 0 radical (unpaired) electrons. The van der Waals surface area contributed by atoms with Gasteiger partial charge in [0.25, 0.3) is 0 Å². The van der Waals surface area contributed by atoms with Crippen molar-refractivity contribution in [1.82, 2.24) is 0 Å². The van der Waals surface area contributed by atoms with E-state index in [1.807, 2.05) is 0 Å².